The van der Waals surface area contributed by atoms with Gasteiger partial charge in [0.25, 0.3) is 0 Å². The van der Waals surface area contributed by atoms with Gasteiger partial charge in [-0.15, -0.1) is 22.7 Å². The van der Waals surface area contributed by atoms with Gasteiger partial charge in [0.05, 0.1) is 11.4 Å². The van der Waals surface area contributed by atoms with E-state index in [-0.39, 0.29) is 5.78 Å². The second-order valence-corrected chi connectivity index (χ2v) is 8.57. The molecule has 3 aromatic heterocycles. The molecule has 0 aliphatic rings. The Morgan fingerprint density at radius 2 is 1.62 bits per heavy atom. The molecule has 29 heavy (non-hydrogen) atoms. The molecule has 0 saturated heterocycles. The highest BCUT2D eigenvalue weighted by Crippen LogP contribution is 2.43. The number of carbonyl (C=O) groups excluding carboxylic acids is 1. The lowest BCUT2D eigenvalue weighted by atomic mass is 10.0. The fourth-order valence-corrected chi connectivity index (χ4v) is 5.22. The molecule has 140 valence electrons. The van der Waals surface area contributed by atoms with Crippen molar-refractivity contribution in [3.8, 4) is 21.7 Å². The average molecular weight is 413 g/mol. The standard InChI is InChI=1S/C24H16N2OS2/c25-21-20-17(19-12-7-13-28-19)14-18(15-8-3-1-4-9-15)26-24(20)29-23(21)22(27)16-10-5-2-6-11-16/h1-14H,25H2. The number of nitrogen functional groups attached to an aromatic ring is 1. The summed E-state index contributed by atoms with van der Waals surface area (Å²) in [4.78, 5) is 20.4. The first-order chi connectivity index (χ1) is 14.2. The minimum Gasteiger partial charge on any atom is -0.397 e. The van der Waals surface area contributed by atoms with Crippen LogP contribution in [0.4, 0.5) is 5.69 Å². The molecule has 0 bridgehead atoms. The zero-order chi connectivity index (χ0) is 19.8. The summed E-state index contributed by atoms with van der Waals surface area (Å²) >= 11 is 3.02. The average Bonchev–Trinajstić information content (AvgIpc) is 3.42. The number of ketones is 1. The molecule has 0 aliphatic heterocycles. The predicted octanol–water partition coefficient (Wildman–Crippen LogP) is 6.51. The zero-order valence-corrected chi connectivity index (χ0v) is 17.0. The van der Waals surface area contributed by atoms with Crippen LogP contribution in [0.15, 0.2) is 84.2 Å². The molecule has 0 aliphatic carbocycles. The molecule has 3 nitrogen and oxygen atoms in total. The molecule has 5 heteroatoms. The van der Waals surface area contributed by atoms with Gasteiger partial charge in [-0.1, -0.05) is 66.7 Å². The fraction of sp³-hybridized carbons (Fsp3) is 0. The van der Waals surface area contributed by atoms with E-state index in [1.807, 2.05) is 72.1 Å². The van der Waals surface area contributed by atoms with Crippen LogP contribution in [0.25, 0.3) is 31.9 Å². The van der Waals surface area contributed by atoms with Gasteiger partial charge < -0.3 is 5.73 Å². The van der Waals surface area contributed by atoms with E-state index in [9.17, 15) is 4.79 Å². The molecule has 5 rings (SSSR count). The summed E-state index contributed by atoms with van der Waals surface area (Å²) < 4.78 is 0. The molecule has 3 heterocycles. The van der Waals surface area contributed by atoms with Crippen molar-refractivity contribution in [2.45, 2.75) is 0 Å². The van der Waals surface area contributed by atoms with Crippen LogP contribution >= 0.6 is 22.7 Å². The first-order valence-corrected chi connectivity index (χ1v) is 10.8. The maximum absolute atomic E-state index is 13.1. The van der Waals surface area contributed by atoms with E-state index in [4.69, 9.17) is 10.7 Å². The highest BCUT2D eigenvalue weighted by Gasteiger charge is 2.22. The highest BCUT2D eigenvalue weighted by atomic mass is 32.1. The molecule has 0 radical (unpaired) electrons. The molecular weight excluding hydrogens is 396 g/mol. The number of aromatic nitrogens is 1. The monoisotopic (exact) mass is 412 g/mol. The van der Waals surface area contributed by atoms with Gasteiger partial charge in [0.2, 0.25) is 5.78 Å². The summed E-state index contributed by atoms with van der Waals surface area (Å²) in [5.41, 5.74) is 10.6. The quantitative estimate of drug-likeness (QED) is 0.343. The van der Waals surface area contributed by atoms with Gasteiger partial charge in [-0.05, 0) is 17.5 Å². The number of nitrogens with two attached hydrogens (primary N) is 1. The van der Waals surface area contributed by atoms with Gasteiger partial charge in [-0.25, -0.2) is 4.98 Å². The summed E-state index contributed by atoms with van der Waals surface area (Å²) in [6, 6.07) is 25.5. The molecule has 0 atom stereocenters. The smallest absolute Gasteiger partial charge is 0.205 e. The number of anilines is 1. The number of thiophene rings is 2. The van der Waals surface area contributed by atoms with Gasteiger partial charge in [0.1, 0.15) is 9.71 Å². The minimum atomic E-state index is -0.0653. The normalized spacial score (nSPS) is 11.0. The predicted molar refractivity (Wildman–Crippen MR) is 123 cm³/mol. The maximum Gasteiger partial charge on any atom is 0.205 e. The van der Waals surface area contributed by atoms with Gasteiger partial charge in [0, 0.05) is 27.0 Å². The van der Waals surface area contributed by atoms with Crippen molar-refractivity contribution < 1.29 is 4.79 Å². The van der Waals surface area contributed by atoms with E-state index in [2.05, 4.69) is 12.1 Å². The van der Waals surface area contributed by atoms with Crippen LogP contribution in [0.3, 0.4) is 0 Å². The largest absolute Gasteiger partial charge is 0.397 e. The molecule has 0 fully saturated rings. The van der Waals surface area contributed by atoms with E-state index in [0.717, 1.165) is 31.9 Å². The molecular formula is C24H16N2OS2. The van der Waals surface area contributed by atoms with E-state index < -0.39 is 0 Å². The number of benzene rings is 2. The lowest BCUT2D eigenvalue weighted by molar-refractivity contribution is 0.104. The number of fused-ring (bicyclic) bond motifs is 1. The zero-order valence-electron chi connectivity index (χ0n) is 15.3. The van der Waals surface area contributed by atoms with Crippen LogP contribution in [0.1, 0.15) is 15.2 Å². The summed E-state index contributed by atoms with van der Waals surface area (Å²) in [5.74, 6) is -0.0653. The Morgan fingerprint density at radius 1 is 0.897 bits per heavy atom. The molecule has 0 spiro atoms. The van der Waals surface area contributed by atoms with Crippen molar-refractivity contribution in [1.29, 1.82) is 0 Å². The van der Waals surface area contributed by atoms with Crippen molar-refractivity contribution in [2.24, 2.45) is 0 Å². The lowest BCUT2D eigenvalue weighted by Gasteiger charge is -2.07. The third-order valence-electron chi connectivity index (χ3n) is 4.80. The van der Waals surface area contributed by atoms with Gasteiger partial charge in [-0.2, -0.15) is 0 Å². The summed E-state index contributed by atoms with van der Waals surface area (Å²) in [6.45, 7) is 0. The summed E-state index contributed by atoms with van der Waals surface area (Å²) in [6.07, 6.45) is 0. The van der Waals surface area contributed by atoms with Crippen molar-refractivity contribution in [3.63, 3.8) is 0 Å². The maximum atomic E-state index is 13.1. The third kappa shape index (κ3) is 3.14. The van der Waals surface area contributed by atoms with Crippen LogP contribution in [0.5, 0.6) is 0 Å². The Labute approximate surface area is 176 Å². The number of hydrogen-bond acceptors (Lipinski definition) is 5. The molecule has 0 amide bonds. The van der Waals surface area contributed by atoms with Crippen LogP contribution in [0.2, 0.25) is 0 Å². The van der Waals surface area contributed by atoms with Crippen LogP contribution in [-0.2, 0) is 0 Å². The summed E-state index contributed by atoms with van der Waals surface area (Å²) in [5, 5.41) is 2.90. The lowest BCUT2D eigenvalue weighted by Crippen LogP contribution is -2.01. The van der Waals surface area contributed by atoms with Crippen LogP contribution in [0, 0.1) is 0 Å². The van der Waals surface area contributed by atoms with E-state index in [1.54, 1.807) is 11.3 Å². The number of pyridine rings is 1. The Balaban J connectivity index is 1.76. The Kier molecular flexibility index (Phi) is 4.46. The Bertz CT molecular complexity index is 1310. The SMILES string of the molecule is Nc1c(C(=O)c2ccccc2)sc2nc(-c3ccccc3)cc(-c3cccs3)c12. The minimum absolute atomic E-state index is 0.0653. The van der Waals surface area contributed by atoms with E-state index in [0.29, 0.717) is 16.1 Å². The number of carbonyl (C=O) groups is 1. The van der Waals surface area contributed by atoms with Gasteiger partial charge in [0.15, 0.2) is 0 Å². The second-order valence-electron chi connectivity index (χ2n) is 6.62. The number of rotatable bonds is 4. The number of hydrogen-bond donors (Lipinski definition) is 1. The third-order valence-corrected chi connectivity index (χ3v) is 6.80. The van der Waals surface area contributed by atoms with Gasteiger partial charge in [-0.3, -0.25) is 4.79 Å². The molecule has 5 aromatic rings. The molecule has 2 aromatic carbocycles. The van der Waals surface area contributed by atoms with Crippen LogP contribution < -0.4 is 5.73 Å². The first kappa shape index (κ1) is 17.8. The van der Waals surface area contributed by atoms with Crippen molar-refractivity contribution >= 4 is 44.4 Å². The second kappa shape index (κ2) is 7.28. The first-order valence-electron chi connectivity index (χ1n) is 9.14. The van der Waals surface area contributed by atoms with Gasteiger partial charge >= 0.3 is 0 Å². The van der Waals surface area contributed by atoms with Crippen molar-refractivity contribution in [3.05, 3.63) is 94.7 Å². The number of nitrogens with zero attached hydrogens (tertiary/aromatic N) is 1. The molecule has 0 saturated carbocycles. The molecule has 0 unspecified atom stereocenters. The van der Waals surface area contributed by atoms with E-state index >= 15 is 0 Å². The highest BCUT2D eigenvalue weighted by molar-refractivity contribution is 7.21. The van der Waals surface area contributed by atoms with Crippen molar-refractivity contribution in [1.82, 2.24) is 4.98 Å². The van der Waals surface area contributed by atoms with Crippen molar-refractivity contribution in [2.75, 3.05) is 5.73 Å². The Hall–Kier alpha value is -3.28. The topological polar surface area (TPSA) is 56.0 Å². The molecule has 2 N–H and O–H groups in total. The summed E-state index contributed by atoms with van der Waals surface area (Å²) in [7, 11) is 0. The fourth-order valence-electron chi connectivity index (χ4n) is 3.39. The Morgan fingerprint density at radius 3 is 2.31 bits per heavy atom. The van der Waals surface area contributed by atoms with Crippen LogP contribution in [-0.4, -0.2) is 10.8 Å². The van der Waals surface area contributed by atoms with E-state index in [1.165, 1.54) is 11.3 Å².